The zero-order valence-electron chi connectivity index (χ0n) is 13.4. The summed E-state index contributed by atoms with van der Waals surface area (Å²) < 4.78 is 18.2. The van der Waals surface area contributed by atoms with Gasteiger partial charge in [-0.05, 0) is 37.5 Å². The fourth-order valence-corrected chi connectivity index (χ4v) is 3.22. The van der Waals surface area contributed by atoms with Crippen molar-refractivity contribution < 1.29 is 9.13 Å². The van der Waals surface area contributed by atoms with Gasteiger partial charge < -0.3 is 15.8 Å². The summed E-state index contributed by atoms with van der Waals surface area (Å²) in [6.07, 6.45) is 4.51. The van der Waals surface area contributed by atoms with Crippen molar-refractivity contribution in [2.75, 3.05) is 20.3 Å². The SMILES string of the molecule is COCC(C)NC(N)=NCC1(c2ccc(F)cc2)CCCC1. The van der Waals surface area contributed by atoms with E-state index in [1.54, 1.807) is 7.11 Å². The first-order valence-electron chi connectivity index (χ1n) is 7.87. The number of hydrogen-bond donors (Lipinski definition) is 2. The summed E-state index contributed by atoms with van der Waals surface area (Å²) >= 11 is 0. The van der Waals surface area contributed by atoms with Gasteiger partial charge in [-0.25, -0.2) is 4.39 Å². The van der Waals surface area contributed by atoms with E-state index in [-0.39, 0.29) is 17.3 Å². The zero-order valence-corrected chi connectivity index (χ0v) is 13.4. The van der Waals surface area contributed by atoms with E-state index in [1.807, 2.05) is 19.1 Å². The van der Waals surface area contributed by atoms with E-state index in [0.717, 1.165) is 18.4 Å². The molecule has 0 saturated heterocycles. The first kappa shape index (κ1) is 16.7. The molecule has 0 heterocycles. The Balaban J connectivity index is 2.07. The third-order valence-corrected chi connectivity index (χ3v) is 4.38. The average Bonchev–Trinajstić information content (AvgIpc) is 2.96. The lowest BCUT2D eigenvalue weighted by Gasteiger charge is -2.28. The van der Waals surface area contributed by atoms with Crippen LogP contribution < -0.4 is 11.1 Å². The van der Waals surface area contributed by atoms with Crippen LogP contribution in [0.15, 0.2) is 29.3 Å². The molecule has 4 nitrogen and oxygen atoms in total. The number of benzene rings is 1. The Bertz CT molecular complexity index is 495. The molecular weight excluding hydrogens is 281 g/mol. The van der Waals surface area contributed by atoms with Crippen molar-refractivity contribution in [3.63, 3.8) is 0 Å². The zero-order chi connectivity index (χ0) is 16.0. The number of nitrogens with one attached hydrogen (secondary N) is 1. The van der Waals surface area contributed by atoms with Crippen LogP contribution in [0.2, 0.25) is 0 Å². The second-order valence-corrected chi connectivity index (χ2v) is 6.20. The number of ether oxygens (including phenoxy) is 1. The van der Waals surface area contributed by atoms with Gasteiger partial charge >= 0.3 is 0 Å². The summed E-state index contributed by atoms with van der Waals surface area (Å²) in [5, 5.41) is 3.13. The van der Waals surface area contributed by atoms with Crippen LogP contribution in [0.4, 0.5) is 4.39 Å². The average molecular weight is 307 g/mol. The number of rotatable bonds is 6. The number of nitrogens with two attached hydrogens (primary N) is 1. The molecule has 3 N–H and O–H groups in total. The van der Waals surface area contributed by atoms with Crippen LogP contribution in [0.5, 0.6) is 0 Å². The quantitative estimate of drug-likeness (QED) is 0.627. The van der Waals surface area contributed by atoms with E-state index in [2.05, 4.69) is 10.3 Å². The molecule has 1 aromatic carbocycles. The van der Waals surface area contributed by atoms with Crippen molar-refractivity contribution in [3.05, 3.63) is 35.6 Å². The van der Waals surface area contributed by atoms with E-state index < -0.39 is 0 Å². The Morgan fingerprint density at radius 1 is 1.36 bits per heavy atom. The van der Waals surface area contributed by atoms with Gasteiger partial charge in [0.05, 0.1) is 13.2 Å². The van der Waals surface area contributed by atoms with Gasteiger partial charge in [0, 0.05) is 18.6 Å². The molecule has 2 rings (SSSR count). The van der Waals surface area contributed by atoms with Crippen molar-refractivity contribution in [2.24, 2.45) is 10.7 Å². The van der Waals surface area contributed by atoms with Crippen LogP contribution in [0.1, 0.15) is 38.2 Å². The molecule has 0 amide bonds. The highest BCUT2D eigenvalue weighted by Gasteiger charge is 2.35. The molecular formula is C17H26FN3O. The fourth-order valence-electron chi connectivity index (χ4n) is 3.22. The number of halogens is 1. The van der Waals surface area contributed by atoms with Gasteiger partial charge in [-0.1, -0.05) is 25.0 Å². The molecule has 0 aromatic heterocycles. The molecule has 122 valence electrons. The molecule has 5 heteroatoms. The van der Waals surface area contributed by atoms with Gasteiger partial charge in [-0.15, -0.1) is 0 Å². The van der Waals surface area contributed by atoms with Crippen molar-refractivity contribution >= 4 is 5.96 Å². The summed E-state index contributed by atoms with van der Waals surface area (Å²) in [5.41, 5.74) is 7.12. The molecule has 1 aromatic rings. The summed E-state index contributed by atoms with van der Waals surface area (Å²) in [7, 11) is 1.66. The summed E-state index contributed by atoms with van der Waals surface area (Å²) in [6.45, 7) is 3.22. The minimum Gasteiger partial charge on any atom is -0.383 e. The molecule has 22 heavy (non-hydrogen) atoms. The second-order valence-electron chi connectivity index (χ2n) is 6.20. The predicted octanol–water partition coefficient (Wildman–Crippen LogP) is 2.58. The van der Waals surface area contributed by atoms with E-state index in [0.29, 0.717) is 19.1 Å². The maximum Gasteiger partial charge on any atom is 0.188 e. The van der Waals surface area contributed by atoms with Crippen LogP contribution in [0.25, 0.3) is 0 Å². The molecule has 0 spiro atoms. The lowest BCUT2D eigenvalue weighted by atomic mass is 9.79. The number of aliphatic imine (C=N–C) groups is 1. The van der Waals surface area contributed by atoms with Crippen molar-refractivity contribution in [1.29, 1.82) is 0 Å². The standard InChI is InChI=1S/C17H26FN3O/c1-13(11-22-2)21-16(19)20-12-17(9-3-4-10-17)14-5-7-15(18)8-6-14/h5-8,13H,3-4,9-12H2,1-2H3,(H3,19,20,21). The van der Waals surface area contributed by atoms with E-state index >= 15 is 0 Å². The molecule has 1 fully saturated rings. The van der Waals surface area contributed by atoms with Crippen LogP contribution in [0.3, 0.4) is 0 Å². The predicted molar refractivity (Wildman–Crippen MR) is 87.5 cm³/mol. The summed E-state index contributed by atoms with van der Waals surface area (Å²) in [5.74, 6) is 0.243. The van der Waals surface area contributed by atoms with Gasteiger partial charge in [0.25, 0.3) is 0 Å². The second kappa shape index (κ2) is 7.58. The first-order valence-corrected chi connectivity index (χ1v) is 7.87. The van der Waals surface area contributed by atoms with Crippen molar-refractivity contribution in [2.45, 2.75) is 44.1 Å². The van der Waals surface area contributed by atoms with Crippen molar-refractivity contribution in [3.8, 4) is 0 Å². The highest BCUT2D eigenvalue weighted by molar-refractivity contribution is 5.78. The Kier molecular flexibility index (Phi) is 5.77. The van der Waals surface area contributed by atoms with E-state index in [9.17, 15) is 4.39 Å². The molecule has 0 bridgehead atoms. The third-order valence-electron chi connectivity index (χ3n) is 4.38. The lowest BCUT2D eigenvalue weighted by Crippen LogP contribution is -2.41. The van der Waals surface area contributed by atoms with E-state index in [1.165, 1.54) is 25.0 Å². The van der Waals surface area contributed by atoms with Gasteiger partial charge in [0.1, 0.15) is 5.82 Å². The number of guanidine groups is 1. The number of hydrogen-bond acceptors (Lipinski definition) is 2. The molecule has 1 aliphatic rings. The number of nitrogens with zero attached hydrogens (tertiary/aromatic N) is 1. The molecule has 1 aliphatic carbocycles. The summed E-state index contributed by atoms with van der Waals surface area (Å²) in [6, 6.07) is 6.95. The minimum absolute atomic E-state index is 0.00943. The first-order chi connectivity index (χ1) is 10.6. The lowest BCUT2D eigenvalue weighted by molar-refractivity contribution is 0.179. The highest BCUT2D eigenvalue weighted by Crippen LogP contribution is 2.41. The largest absolute Gasteiger partial charge is 0.383 e. The highest BCUT2D eigenvalue weighted by atomic mass is 19.1. The molecule has 0 radical (unpaired) electrons. The van der Waals surface area contributed by atoms with E-state index in [4.69, 9.17) is 10.5 Å². The molecule has 1 saturated carbocycles. The van der Waals surface area contributed by atoms with Gasteiger partial charge in [-0.3, -0.25) is 4.99 Å². The maximum atomic E-state index is 13.2. The Hall–Kier alpha value is -1.62. The minimum atomic E-state index is -0.199. The van der Waals surface area contributed by atoms with Crippen LogP contribution in [-0.4, -0.2) is 32.3 Å². The van der Waals surface area contributed by atoms with Gasteiger partial charge in [-0.2, -0.15) is 0 Å². The van der Waals surface area contributed by atoms with Gasteiger partial charge in [0.2, 0.25) is 0 Å². The van der Waals surface area contributed by atoms with Crippen LogP contribution >= 0.6 is 0 Å². The Morgan fingerprint density at radius 2 is 2.00 bits per heavy atom. The molecule has 0 aliphatic heterocycles. The fraction of sp³-hybridized carbons (Fsp3) is 0.588. The number of methoxy groups -OCH3 is 1. The topological polar surface area (TPSA) is 59.6 Å². The maximum absolute atomic E-state index is 13.2. The van der Waals surface area contributed by atoms with Crippen molar-refractivity contribution in [1.82, 2.24) is 5.32 Å². The molecule has 1 atom stereocenters. The Labute approximate surface area is 132 Å². The monoisotopic (exact) mass is 307 g/mol. The summed E-state index contributed by atoms with van der Waals surface area (Å²) in [4.78, 5) is 4.53. The van der Waals surface area contributed by atoms with Crippen LogP contribution in [-0.2, 0) is 10.2 Å². The normalized spacial score (nSPS) is 19.1. The smallest absolute Gasteiger partial charge is 0.188 e. The van der Waals surface area contributed by atoms with Crippen LogP contribution in [0, 0.1) is 5.82 Å². The molecule has 1 unspecified atom stereocenters. The third kappa shape index (κ3) is 4.19. The Morgan fingerprint density at radius 3 is 2.59 bits per heavy atom. The van der Waals surface area contributed by atoms with Gasteiger partial charge in [0.15, 0.2) is 5.96 Å².